The smallest absolute Gasteiger partial charge is 0.0637 e. The van der Waals surface area contributed by atoms with Gasteiger partial charge in [-0.2, -0.15) is 0 Å². The third-order valence-corrected chi connectivity index (χ3v) is 7.11. The number of hydrogen-bond donors (Lipinski definition) is 2. The molecule has 0 aromatic rings. The monoisotopic (exact) mass is 601 g/mol. The number of hydrogen-bond acceptors (Lipinski definition) is 6. The molecule has 6 nitrogen and oxygen atoms in total. The molecule has 254 valence electrons. The maximum atomic E-state index is 6.56. The van der Waals surface area contributed by atoms with Gasteiger partial charge in [0.15, 0.2) is 0 Å². The van der Waals surface area contributed by atoms with Gasteiger partial charge in [-0.3, -0.25) is 0 Å². The molecule has 4 N–H and O–H groups in total. The Labute approximate surface area is 263 Å². The van der Waals surface area contributed by atoms with Crippen LogP contribution in [0.25, 0.3) is 0 Å². The van der Waals surface area contributed by atoms with Gasteiger partial charge in [-0.1, -0.05) is 96.9 Å². The fourth-order valence-electron chi connectivity index (χ4n) is 6.74. The molecular weight excluding hydrogens is 524 g/mol. The predicted octanol–water partition coefficient (Wildman–Crippen LogP) is 8.10. The van der Waals surface area contributed by atoms with E-state index in [4.69, 9.17) is 30.4 Å². The first-order valence-electron chi connectivity index (χ1n) is 16.3. The van der Waals surface area contributed by atoms with Crippen LogP contribution in [0, 0.1) is 37.9 Å². The van der Waals surface area contributed by atoms with E-state index in [2.05, 4.69) is 111 Å². The van der Waals surface area contributed by atoms with Crippen LogP contribution in [0.2, 0.25) is 0 Å². The quantitative estimate of drug-likeness (QED) is 0.138. The molecule has 0 spiro atoms. The van der Waals surface area contributed by atoms with Crippen LogP contribution in [-0.2, 0) is 18.9 Å². The van der Waals surface area contributed by atoms with Gasteiger partial charge in [-0.05, 0) is 66.7 Å². The van der Waals surface area contributed by atoms with Crippen molar-refractivity contribution in [1.82, 2.24) is 0 Å². The van der Waals surface area contributed by atoms with E-state index in [1.807, 2.05) is 0 Å². The van der Waals surface area contributed by atoms with Crippen LogP contribution in [0.3, 0.4) is 0 Å². The van der Waals surface area contributed by atoms with E-state index in [-0.39, 0.29) is 38.0 Å². The Morgan fingerprint density at radius 2 is 0.643 bits per heavy atom. The lowest BCUT2D eigenvalue weighted by Crippen LogP contribution is -2.45. The van der Waals surface area contributed by atoms with Crippen molar-refractivity contribution in [3.05, 3.63) is 0 Å². The van der Waals surface area contributed by atoms with Gasteiger partial charge < -0.3 is 30.4 Å². The third-order valence-electron chi connectivity index (χ3n) is 7.11. The van der Waals surface area contributed by atoms with Crippen LogP contribution in [0.1, 0.15) is 130 Å². The zero-order valence-corrected chi connectivity index (χ0v) is 31.3. The normalized spacial score (nSPS) is 15.0. The molecule has 0 saturated heterocycles. The zero-order valence-electron chi connectivity index (χ0n) is 31.3. The van der Waals surface area contributed by atoms with Gasteiger partial charge >= 0.3 is 0 Å². The van der Waals surface area contributed by atoms with Crippen LogP contribution in [-0.4, -0.2) is 64.9 Å². The summed E-state index contributed by atoms with van der Waals surface area (Å²) in [4.78, 5) is 0. The first-order chi connectivity index (χ1) is 18.5. The second-order valence-corrected chi connectivity index (χ2v) is 20.0. The number of nitrogens with two attached hydrogens (primary N) is 2. The molecular formula is C36H76N2O4. The van der Waals surface area contributed by atoms with E-state index in [1.54, 1.807) is 0 Å². The largest absolute Gasteiger partial charge is 0.380 e. The average molecular weight is 601 g/mol. The van der Waals surface area contributed by atoms with Gasteiger partial charge in [0.2, 0.25) is 0 Å². The molecule has 42 heavy (non-hydrogen) atoms. The highest BCUT2D eigenvalue weighted by molar-refractivity contribution is 4.86. The summed E-state index contributed by atoms with van der Waals surface area (Å²) >= 11 is 0. The molecule has 6 heteroatoms. The van der Waals surface area contributed by atoms with Crippen molar-refractivity contribution < 1.29 is 18.9 Å². The molecule has 0 aliphatic carbocycles. The lowest BCUT2D eigenvalue weighted by atomic mass is 9.77. The second-order valence-electron chi connectivity index (χ2n) is 20.0. The molecule has 0 aliphatic rings. The second kappa shape index (κ2) is 15.9. The average Bonchev–Trinajstić information content (AvgIpc) is 2.67. The summed E-state index contributed by atoms with van der Waals surface area (Å²) in [5, 5.41) is 0. The summed E-state index contributed by atoms with van der Waals surface area (Å²) in [7, 11) is 0. The molecule has 0 heterocycles. The standard InChI is InChI=1S/C36H76N2O4/c1-29(2,3)17-31(7,8)21-39-25-36(28-42-24-34(13,14)20-37,26-40-22-32(9,10)18-30(4,5)6)27-41-23-33(11,12)19-35(15,16)38/h17-28,37-38H2,1-16H3. The molecule has 0 aliphatic heterocycles. The predicted molar refractivity (Wildman–Crippen MR) is 181 cm³/mol. The van der Waals surface area contributed by atoms with E-state index < -0.39 is 5.41 Å². The summed E-state index contributed by atoms with van der Waals surface area (Å²) in [5.74, 6) is 0. The van der Waals surface area contributed by atoms with Gasteiger partial charge in [-0.15, -0.1) is 0 Å². The van der Waals surface area contributed by atoms with Crippen LogP contribution >= 0.6 is 0 Å². The summed E-state index contributed by atoms with van der Waals surface area (Å²) in [6, 6.07) is 0. The van der Waals surface area contributed by atoms with Gasteiger partial charge in [0, 0.05) is 11.0 Å². The molecule has 0 unspecified atom stereocenters. The van der Waals surface area contributed by atoms with E-state index in [1.165, 1.54) is 0 Å². The number of ether oxygens (including phenoxy) is 4. The maximum absolute atomic E-state index is 6.56. The first-order valence-corrected chi connectivity index (χ1v) is 16.3. The molecule has 0 radical (unpaired) electrons. The zero-order chi connectivity index (χ0) is 33.3. The highest BCUT2D eigenvalue weighted by atomic mass is 16.5. The highest BCUT2D eigenvalue weighted by Gasteiger charge is 2.37. The Morgan fingerprint density at radius 1 is 0.381 bits per heavy atom. The Morgan fingerprint density at radius 3 is 0.881 bits per heavy atom. The lowest BCUT2D eigenvalue weighted by molar-refractivity contribution is -0.134. The van der Waals surface area contributed by atoms with Gasteiger partial charge in [0.05, 0.1) is 58.3 Å². The molecule has 0 saturated carbocycles. The van der Waals surface area contributed by atoms with Crippen molar-refractivity contribution in [2.24, 2.45) is 49.4 Å². The fraction of sp³-hybridized carbons (Fsp3) is 1.00. The van der Waals surface area contributed by atoms with E-state index in [0.29, 0.717) is 59.4 Å². The fourth-order valence-corrected chi connectivity index (χ4v) is 6.74. The van der Waals surface area contributed by atoms with Gasteiger partial charge in [0.1, 0.15) is 0 Å². The minimum atomic E-state index is -0.450. The Kier molecular flexibility index (Phi) is 15.8. The topological polar surface area (TPSA) is 89.0 Å². The van der Waals surface area contributed by atoms with Crippen molar-refractivity contribution in [3.8, 4) is 0 Å². The molecule has 0 aromatic heterocycles. The van der Waals surface area contributed by atoms with Gasteiger partial charge in [0.25, 0.3) is 0 Å². The van der Waals surface area contributed by atoms with Crippen LogP contribution in [0.5, 0.6) is 0 Å². The van der Waals surface area contributed by atoms with Crippen molar-refractivity contribution in [1.29, 1.82) is 0 Å². The minimum absolute atomic E-state index is 0.0531. The van der Waals surface area contributed by atoms with E-state index in [9.17, 15) is 0 Å². The summed E-state index contributed by atoms with van der Waals surface area (Å²) in [6.45, 7) is 40.8. The summed E-state index contributed by atoms with van der Waals surface area (Å²) in [6.07, 6.45) is 3.01. The summed E-state index contributed by atoms with van der Waals surface area (Å²) < 4.78 is 26.1. The van der Waals surface area contributed by atoms with Crippen molar-refractivity contribution >= 4 is 0 Å². The number of rotatable bonds is 21. The molecule has 0 amide bonds. The SMILES string of the molecule is CC(C)(C)CC(C)(C)COCC(COCC(C)(C)CN)(COCC(C)(C)CC(C)(C)C)COCC(C)(C)CC(C)(C)N. The molecule has 0 rings (SSSR count). The van der Waals surface area contributed by atoms with E-state index in [0.717, 1.165) is 19.3 Å². The maximum Gasteiger partial charge on any atom is 0.0637 e. The summed E-state index contributed by atoms with van der Waals surface area (Å²) in [5.41, 5.74) is 12.1. The Balaban J connectivity index is 5.98. The van der Waals surface area contributed by atoms with Crippen molar-refractivity contribution in [2.45, 2.75) is 136 Å². The molecule has 0 atom stereocenters. The van der Waals surface area contributed by atoms with Gasteiger partial charge in [-0.25, -0.2) is 0 Å². The lowest BCUT2D eigenvalue weighted by Gasteiger charge is -2.39. The van der Waals surface area contributed by atoms with Crippen LogP contribution in [0.4, 0.5) is 0 Å². The van der Waals surface area contributed by atoms with Crippen molar-refractivity contribution in [3.63, 3.8) is 0 Å². The molecule has 0 fully saturated rings. The minimum Gasteiger partial charge on any atom is -0.380 e. The highest BCUT2D eigenvalue weighted by Crippen LogP contribution is 2.36. The van der Waals surface area contributed by atoms with Crippen molar-refractivity contribution in [2.75, 3.05) is 59.4 Å². The van der Waals surface area contributed by atoms with E-state index >= 15 is 0 Å². The molecule has 0 bridgehead atoms. The molecule has 0 aromatic carbocycles. The Bertz CT molecular complexity index is 668. The first kappa shape index (κ1) is 41.8. The Hall–Kier alpha value is -0.240. The van der Waals surface area contributed by atoms with Crippen LogP contribution in [0.15, 0.2) is 0 Å². The third kappa shape index (κ3) is 21.5. The van der Waals surface area contributed by atoms with Crippen LogP contribution < -0.4 is 11.5 Å².